The third-order valence-electron chi connectivity index (χ3n) is 6.82. The maximum absolute atomic E-state index is 13.3. The summed E-state index contributed by atoms with van der Waals surface area (Å²) < 4.78 is 5.94. The summed E-state index contributed by atoms with van der Waals surface area (Å²) in [6.07, 6.45) is 3.25. The fourth-order valence-corrected chi connectivity index (χ4v) is 5.24. The first-order chi connectivity index (χ1) is 10.9. The van der Waals surface area contributed by atoms with Crippen LogP contribution in [0.5, 0.6) is 0 Å². The van der Waals surface area contributed by atoms with Crippen molar-refractivity contribution in [1.29, 1.82) is 0 Å². The van der Waals surface area contributed by atoms with Gasteiger partial charge in [-0.15, -0.1) is 0 Å². The molecule has 2 aliphatic heterocycles. The van der Waals surface area contributed by atoms with Crippen molar-refractivity contribution in [3.8, 4) is 0 Å². The SMILES string of the molecule is CCN(CC)C1CCN(C(=O)C2(N)C3CCCOC3C2(C)C)C1. The van der Waals surface area contributed by atoms with E-state index in [-0.39, 0.29) is 23.3 Å². The van der Waals surface area contributed by atoms with Gasteiger partial charge >= 0.3 is 0 Å². The number of likely N-dealkylation sites (N-methyl/N-ethyl adjacent to an activating group) is 1. The van der Waals surface area contributed by atoms with E-state index >= 15 is 0 Å². The molecule has 23 heavy (non-hydrogen) atoms. The number of ether oxygens (including phenoxy) is 1. The molecule has 5 nitrogen and oxygen atoms in total. The highest BCUT2D eigenvalue weighted by Gasteiger charge is 2.71. The molecule has 2 heterocycles. The molecule has 0 aromatic heterocycles. The number of nitrogens with zero attached hydrogens (tertiary/aromatic N) is 2. The molecule has 132 valence electrons. The van der Waals surface area contributed by atoms with Crippen LogP contribution in [0.15, 0.2) is 0 Å². The summed E-state index contributed by atoms with van der Waals surface area (Å²) >= 11 is 0. The number of fused-ring (bicyclic) bond motifs is 1. The van der Waals surface area contributed by atoms with Gasteiger partial charge in [0, 0.05) is 37.1 Å². The maximum atomic E-state index is 13.3. The van der Waals surface area contributed by atoms with Crippen molar-refractivity contribution in [3.05, 3.63) is 0 Å². The summed E-state index contributed by atoms with van der Waals surface area (Å²) in [5.74, 6) is 0.343. The topological polar surface area (TPSA) is 58.8 Å². The molecule has 0 bridgehead atoms. The van der Waals surface area contributed by atoms with E-state index in [1.54, 1.807) is 0 Å². The summed E-state index contributed by atoms with van der Waals surface area (Å²) in [5, 5.41) is 0. The average molecular weight is 323 g/mol. The molecule has 0 aromatic carbocycles. The predicted molar refractivity (Wildman–Crippen MR) is 91.1 cm³/mol. The van der Waals surface area contributed by atoms with E-state index in [0.29, 0.717) is 6.04 Å². The second-order valence-corrected chi connectivity index (χ2v) is 8.05. The maximum Gasteiger partial charge on any atom is 0.243 e. The summed E-state index contributed by atoms with van der Waals surface area (Å²) in [4.78, 5) is 17.8. The van der Waals surface area contributed by atoms with E-state index in [1.807, 2.05) is 4.90 Å². The van der Waals surface area contributed by atoms with Gasteiger partial charge in [0.25, 0.3) is 0 Å². The molecular weight excluding hydrogens is 290 g/mol. The third kappa shape index (κ3) is 2.35. The van der Waals surface area contributed by atoms with E-state index in [9.17, 15) is 4.79 Å². The lowest BCUT2D eigenvalue weighted by Crippen LogP contribution is -2.82. The minimum absolute atomic E-state index is 0.145. The fourth-order valence-electron chi connectivity index (χ4n) is 5.24. The summed E-state index contributed by atoms with van der Waals surface area (Å²) in [7, 11) is 0. The van der Waals surface area contributed by atoms with Crippen LogP contribution in [0.2, 0.25) is 0 Å². The number of amides is 1. The highest BCUT2D eigenvalue weighted by atomic mass is 16.5. The standard InChI is InChI=1S/C18H33N3O2/c1-5-20(6-2)13-9-10-21(12-13)16(22)18(19)14-8-7-11-23-15(14)17(18,3)4/h13-15H,5-12,19H2,1-4H3. The molecule has 0 spiro atoms. The Balaban J connectivity index is 1.73. The Kier molecular flexibility index (Phi) is 4.49. The van der Waals surface area contributed by atoms with Crippen LogP contribution in [0.1, 0.15) is 47.0 Å². The van der Waals surface area contributed by atoms with E-state index in [4.69, 9.17) is 10.5 Å². The number of likely N-dealkylation sites (tertiary alicyclic amines) is 1. The molecule has 5 heteroatoms. The zero-order chi connectivity index (χ0) is 16.8. The Labute approximate surface area is 140 Å². The van der Waals surface area contributed by atoms with Crippen LogP contribution in [-0.4, -0.2) is 66.2 Å². The molecule has 1 aliphatic carbocycles. The summed E-state index contributed by atoms with van der Waals surface area (Å²) in [5.41, 5.74) is 5.73. The van der Waals surface area contributed by atoms with Crippen molar-refractivity contribution in [2.24, 2.45) is 17.1 Å². The van der Waals surface area contributed by atoms with Crippen LogP contribution in [0.4, 0.5) is 0 Å². The van der Waals surface area contributed by atoms with Crippen LogP contribution in [0.25, 0.3) is 0 Å². The van der Waals surface area contributed by atoms with Gasteiger partial charge in [0.1, 0.15) is 5.54 Å². The first-order valence-electron chi connectivity index (χ1n) is 9.31. The summed E-state index contributed by atoms with van der Waals surface area (Å²) in [6, 6.07) is 0.485. The molecule has 4 unspecified atom stereocenters. The highest BCUT2D eigenvalue weighted by Crippen LogP contribution is 2.58. The first-order valence-corrected chi connectivity index (χ1v) is 9.31. The van der Waals surface area contributed by atoms with Gasteiger partial charge in [0.05, 0.1) is 6.10 Å². The minimum Gasteiger partial charge on any atom is -0.377 e. The zero-order valence-corrected chi connectivity index (χ0v) is 15.2. The summed E-state index contributed by atoms with van der Waals surface area (Å²) in [6.45, 7) is 13.2. The predicted octanol–water partition coefficient (Wildman–Crippen LogP) is 1.46. The van der Waals surface area contributed by atoms with Crippen LogP contribution < -0.4 is 5.73 Å². The number of rotatable bonds is 4. The third-order valence-corrected chi connectivity index (χ3v) is 6.82. The number of carbonyl (C=O) groups excluding carboxylic acids is 1. The molecule has 3 fully saturated rings. The monoisotopic (exact) mass is 323 g/mol. The van der Waals surface area contributed by atoms with Crippen LogP contribution >= 0.6 is 0 Å². The van der Waals surface area contributed by atoms with Gasteiger partial charge in [-0.2, -0.15) is 0 Å². The van der Waals surface area contributed by atoms with Gasteiger partial charge < -0.3 is 15.4 Å². The van der Waals surface area contributed by atoms with Gasteiger partial charge in [0.15, 0.2) is 0 Å². The van der Waals surface area contributed by atoms with Crippen molar-refractivity contribution >= 4 is 5.91 Å². The number of carbonyl (C=O) groups is 1. The molecule has 3 rings (SSSR count). The van der Waals surface area contributed by atoms with E-state index in [1.165, 1.54) is 0 Å². The minimum atomic E-state index is -0.754. The van der Waals surface area contributed by atoms with Crippen LogP contribution in [0.3, 0.4) is 0 Å². The average Bonchev–Trinajstić information content (AvgIpc) is 3.04. The van der Waals surface area contributed by atoms with E-state index in [2.05, 4.69) is 32.6 Å². The molecule has 1 amide bonds. The fraction of sp³-hybridized carbons (Fsp3) is 0.944. The molecule has 0 radical (unpaired) electrons. The second kappa shape index (κ2) is 6.01. The van der Waals surface area contributed by atoms with Crippen molar-refractivity contribution < 1.29 is 9.53 Å². The zero-order valence-electron chi connectivity index (χ0n) is 15.2. The van der Waals surface area contributed by atoms with Crippen molar-refractivity contribution in [1.82, 2.24) is 9.80 Å². The Bertz CT molecular complexity index is 463. The molecule has 3 aliphatic rings. The molecule has 1 saturated carbocycles. The lowest BCUT2D eigenvalue weighted by molar-refractivity contribution is -0.229. The first kappa shape index (κ1) is 17.2. The van der Waals surface area contributed by atoms with Crippen molar-refractivity contribution in [3.63, 3.8) is 0 Å². The van der Waals surface area contributed by atoms with E-state index in [0.717, 1.165) is 52.0 Å². The molecule has 4 atom stereocenters. The number of hydrogen-bond acceptors (Lipinski definition) is 4. The van der Waals surface area contributed by atoms with Gasteiger partial charge in [-0.05, 0) is 32.4 Å². The smallest absolute Gasteiger partial charge is 0.243 e. The Hall–Kier alpha value is -0.650. The Morgan fingerprint density at radius 1 is 1.30 bits per heavy atom. The van der Waals surface area contributed by atoms with Gasteiger partial charge in [-0.1, -0.05) is 27.7 Å². The van der Waals surface area contributed by atoms with Crippen molar-refractivity contribution in [2.45, 2.75) is 64.6 Å². The van der Waals surface area contributed by atoms with Gasteiger partial charge in [-0.25, -0.2) is 0 Å². The molecule has 0 aromatic rings. The number of hydrogen-bond donors (Lipinski definition) is 1. The van der Waals surface area contributed by atoms with Crippen LogP contribution in [-0.2, 0) is 9.53 Å². The van der Waals surface area contributed by atoms with E-state index < -0.39 is 5.54 Å². The largest absolute Gasteiger partial charge is 0.377 e. The number of nitrogens with two attached hydrogens (primary N) is 1. The normalized spacial score (nSPS) is 39.2. The molecule has 2 N–H and O–H groups in total. The van der Waals surface area contributed by atoms with Gasteiger partial charge in [0.2, 0.25) is 5.91 Å². The van der Waals surface area contributed by atoms with Crippen molar-refractivity contribution in [2.75, 3.05) is 32.8 Å². The molecule has 2 saturated heterocycles. The highest BCUT2D eigenvalue weighted by molar-refractivity contribution is 5.89. The molecular formula is C18H33N3O2. The quantitative estimate of drug-likeness (QED) is 0.851. The lowest BCUT2D eigenvalue weighted by Gasteiger charge is -2.65. The van der Waals surface area contributed by atoms with Crippen LogP contribution in [0, 0.1) is 11.3 Å². The van der Waals surface area contributed by atoms with Gasteiger partial charge in [-0.3, -0.25) is 9.69 Å². The second-order valence-electron chi connectivity index (χ2n) is 8.05. The Morgan fingerprint density at radius 3 is 2.65 bits per heavy atom. The Morgan fingerprint density at radius 2 is 2.00 bits per heavy atom. The lowest BCUT2D eigenvalue weighted by atomic mass is 9.46.